The maximum absolute atomic E-state index is 13.9. The van der Waals surface area contributed by atoms with Crippen LogP contribution in [0.1, 0.15) is 18.9 Å². The maximum atomic E-state index is 13.9. The zero-order valence-corrected chi connectivity index (χ0v) is 18.8. The molecule has 0 aromatic heterocycles. The van der Waals surface area contributed by atoms with Crippen molar-refractivity contribution in [1.29, 1.82) is 0 Å². The number of para-hydroxylation sites is 1. The average molecular weight is 440 g/mol. The Bertz CT molecular complexity index is 1010. The van der Waals surface area contributed by atoms with Crippen molar-refractivity contribution in [3.63, 3.8) is 0 Å². The average Bonchev–Trinajstić information content (AvgIpc) is 3.41. The summed E-state index contributed by atoms with van der Waals surface area (Å²) in [5.74, 6) is 1.33. The molecule has 1 spiro atoms. The predicted octanol–water partition coefficient (Wildman–Crippen LogP) is 4.00. The van der Waals surface area contributed by atoms with Crippen LogP contribution in [0.5, 0.6) is 0 Å². The summed E-state index contributed by atoms with van der Waals surface area (Å²) < 4.78 is 0. The largest absolute Gasteiger partial charge is 0.326 e. The first-order valence-electron chi connectivity index (χ1n) is 10.3. The Kier molecular flexibility index (Phi) is 5.08. The Labute approximate surface area is 185 Å². The minimum absolute atomic E-state index is 0.0502. The van der Waals surface area contributed by atoms with Crippen molar-refractivity contribution in [3.8, 4) is 0 Å². The zero-order valence-electron chi connectivity index (χ0n) is 17.1. The van der Waals surface area contributed by atoms with Crippen molar-refractivity contribution >= 4 is 46.7 Å². The third kappa shape index (κ3) is 2.75. The second kappa shape index (κ2) is 7.62. The van der Waals surface area contributed by atoms with Gasteiger partial charge in [-0.2, -0.15) is 0 Å². The van der Waals surface area contributed by atoms with Gasteiger partial charge in [0.2, 0.25) is 5.91 Å². The normalized spacial score (nSPS) is 27.5. The monoisotopic (exact) mass is 439 g/mol. The van der Waals surface area contributed by atoms with E-state index in [4.69, 9.17) is 0 Å². The lowest BCUT2D eigenvalue weighted by Crippen LogP contribution is -2.55. The Morgan fingerprint density at radius 1 is 1.27 bits per heavy atom. The number of carbonyl (C=O) groups is 2. The highest BCUT2D eigenvalue weighted by Gasteiger charge is 2.67. The van der Waals surface area contributed by atoms with E-state index in [1.165, 1.54) is 0 Å². The van der Waals surface area contributed by atoms with E-state index in [1.807, 2.05) is 78.4 Å². The molecule has 0 saturated carbocycles. The fourth-order valence-electron chi connectivity index (χ4n) is 5.33. The second-order valence-electron chi connectivity index (χ2n) is 7.97. The minimum Gasteiger partial charge on any atom is -0.326 e. The number of fused-ring (bicyclic) bond motifs is 4. The molecule has 0 unspecified atom stereocenters. The molecule has 2 amide bonds. The molecule has 2 fully saturated rings. The van der Waals surface area contributed by atoms with E-state index in [1.54, 1.807) is 11.8 Å². The highest BCUT2D eigenvalue weighted by molar-refractivity contribution is 7.99. The van der Waals surface area contributed by atoms with Gasteiger partial charge in [-0.3, -0.25) is 14.5 Å². The quantitative estimate of drug-likeness (QED) is 0.730. The van der Waals surface area contributed by atoms with Crippen molar-refractivity contribution in [2.24, 2.45) is 5.92 Å². The number of anilines is 2. The number of hydrogen-bond donors (Lipinski definition) is 1. The molecule has 5 rings (SSSR count). The number of benzene rings is 2. The summed E-state index contributed by atoms with van der Waals surface area (Å²) in [7, 11) is 0. The first kappa shape index (κ1) is 20.0. The number of nitrogens with zero attached hydrogens (tertiary/aromatic N) is 2. The van der Waals surface area contributed by atoms with E-state index in [-0.39, 0.29) is 17.9 Å². The van der Waals surface area contributed by atoms with Gasteiger partial charge < -0.3 is 10.2 Å². The number of carbonyl (C=O) groups excluding carboxylic acids is 2. The standard InChI is InChI=1S/C23H25N3O2S2/c1-3-25-20-10-5-4-9-18(20)23(22(25)28)19(12-16-13-30-14-26(16)23)21(27)24-15-7-6-8-17(11-15)29-2/h4-11,16,19H,3,12-14H2,1-2H3,(H,24,27)/t16-,19-,23+/m1/s1. The molecule has 3 heterocycles. The van der Waals surface area contributed by atoms with Crippen LogP contribution in [0.3, 0.4) is 0 Å². The first-order chi connectivity index (χ1) is 14.6. The van der Waals surface area contributed by atoms with Gasteiger partial charge in [0, 0.05) is 46.0 Å². The molecule has 3 aliphatic rings. The maximum Gasteiger partial charge on any atom is 0.253 e. The van der Waals surface area contributed by atoms with Crippen LogP contribution >= 0.6 is 23.5 Å². The van der Waals surface area contributed by atoms with Crippen LogP contribution in [0.4, 0.5) is 11.4 Å². The zero-order chi connectivity index (χ0) is 20.9. The molecule has 0 radical (unpaired) electrons. The number of thioether (sulfide) groups is 2. The first-order valence-corrected chi connectivity index (χ1v) is 12.7. The molecule has 2 aromatic carbocycles. The van der Waals surface area contributed by atoms with Gasteiger partial charge in [0.15, 0.2) is 0 Å². The summed E-state index contributed by atoms with van der Waals surface area (Å²) in [6, 6.07) is 16.2. The number of amides is 2. The summed E-state index contributed by atoms with van der Waals surface area (Å²) in [5, 5.41) is 3.13. The number of hydrogen-bond acceptors (Lipinski definition) is 5. The molecular weight excluding hydrogens is 414 g/mol. The Hall–Kier alpha value is -1.96. The van der Waals surface area contributed by atoms with Crippen molar-refractivity contribution in [1.82, 2.24) is 4.90 Å². The van der Waals surface area contributed by atoms with Crippen LogP contribution in [0.2, 0.25) is 0 Å². The Morgan fingerprint density at radius 2 is 2.10 bits per heavy atom. The molecule has 156 valence electrons. The van der Waals surface area contributed by atoms with E-state index < -0.39 is 11.5 Å². The molecule has 3 aliphatic heterocycles. The van der Waals surface area contributed by atoms with Gasteiger partial charge >= 0.3 is 0 Å². The van der Waals surface area contributed by atoms with E-state index in [0.29, 0.717) is 13.0 Å². The highest BCUT2D eigenvalue weighted by Crippen LogP contribution is 2.57. The smallest absolute Gasteiger partial charge is 0.253 e. The molecular formula is C23H25N3O2S2. The van der Waals surface area contributed by atoms with Gasteiger partial charge in [0.1, 0.15) is 5.54 Å². The lowest BCUT2D eigenvalue weighted by molar-refractivity contribution is -0.136. The number of nitrogens with one attached hydrogen (secondary N) is 1. The Morgan fingerprint density at radius 3 is 2.90 bits per heavy atom. The predicted molar refractivity (Wildman–Crippen MR) is 124 cm³/mol. The molecule has 30 heavy (non-hydrogen) atoms. The molecule has 0 aliphatic carbocycles. The number of rotatable bonds is 4. The van der Waals surface area contributed by atoms with Crippen LogP contribution in [0.25, 0.3) is 0 Å². The fourth-order valence-corrected chi connectivity index (χ4v) is 7.09. The molecule has 3 atom stereocenters. The van der Waals surface area contributed by atoms with Gasteiger partial charge in [0.05, 0.1) is 5.92 Å². The number of likely N-dealkylation sites (N-methyl/N-ethyl adjacent to an activating group) is 1. The van der Waals surface area contributed by atoms with E-state index in [2.05, 4.69) is 10.2 Å². The molecule has 5 nitrogen and oxygen atoms in total. The summed E-state index contributed by atoms with van der Waals surface area (Å²) in [4.78, 5) is 32.8. The van der Waals surface area contributed by atoms with Crippen LogP contribution in [0, 0.1) is 5.92 Å². The van der Waals surface area contributed by atoms with Crippen molar-refractivity contribution in [2.45, 2.75) is 29.8 Å². The van der Waals surface area contributed by atoms with Gasteiger partial charge in [-0.25, -0.2) is 0 Å². The van der Waals surface area contributed by atoms with Crippen molar-refractivity contribution in [3.05, 3.63) is 54.1 Å². The van der Waals surface area contributed by atoms with E-state index in [0.717, 1.165) is 33.5 Å². The third-order valence-electron chi connectivity index (χ3n) is 6.59. The fraction of sp³-hybridized carbons (Fsp3) is 0.391. The van der Waals surface area contributed by atoms with Crippen LogP contribution < -0.4 is 10.2 Å². The van der Waals surface area contributed by atoms with Crippen LogP contribution in [-0.4, -0.2) is 47.2 Å². The molecule has 2 aromatic rings. The topological polar surface area (TPSA) is 52.7 Å². The summed E-state index contributed by atoms with van der Waals surface area (Å²) >= 11 is 3.50. The Balaban J connectivity index is 1.58. The van der Waals surface area contributed by atoms with E-state index in [9.17, 15) is 9.59 Å². The molecule has 2 saturated heterocycles. The van der Waals surface area contributed by atoms with Gasteiger partial charge in [-0.15, -0.1) is 23.5 Å². The molecule has 1 N–H and O–H groups in total. The molecule has 7 heteroatoms. The van der Waals surface area contributed by atoms with E-state index >= 15 is 0 Å². The molecule has 0 bridgehead atoms. The van der Waals surface area contributed by atoms with Crippen LogP contribution in [-0.2, 0) is 15.1 Å². The van der Waals surface area contributed by atoms with Crippen LogP contribution in [0.15, 0.2) is 53.4 Å². The van der Waals surface area contributed by atoms with Gasteiger partial charge in [-0.1, -0.05) is 24.3 Å². The highest BCUT2D eigenvalue weighted by atomic mass is 32.2. The lowest BCUT2D eigenvalue weighted by Gasteiger charge is -2.36. The second-order valence-corrected chi connectivity index (χ2v) is 9.85. The lowest BCUT2D eigenvalue weighted by atomic mass is 9.79. The summed E-state index contributed by atoms with van der Waals surface area (Å²) in [5.41, 5.74) is 1.82. The summed E-state index contributed by atoms with van der Waals surface area (Å²) in [6.45, 7) is 2.61. The third-order valence-corrected chi connectivity index (χ3v) is 8.40. The minimum atomic E-state index is -0.901. The van der Waals surface area contributed by atoms with Crippen molar-refractivity contribution in [2.75, 3.05) is 34.6 Å². The summed E-state index contributed by atoms with van der Waals surface area (Å²) in [6.07, 6.45) is 2.73. The van der Waals surface area contributed by atoms with Gasteiger partial charge in [0.25, 0.3) is 5.91 Å². The van der Waals surface area contributed by atoms with Gasteiger partial charge in [-0.05, 0) is 43.9 Å². The van der Waals surface area contributed by atoms with Crippen molar-refractivity contribution < 1.29 is 9.59 Å². The SMILES string of the molecule is CCN1C(=O)[C@]2(c3ccccc31)[C@@H](C(=O)Nc1cccc(SC)c1)C[C@@H]1CSCN12.